The van der Waals surface area contributed by atoms with Gasteiger partial charge in [-0.3, -0.25) is 9.59 Å². The highest BCUT2D eigenvalue weighted by molar-refractivity contribution is 5.75. The Morgan fingerprint density at radius 1 is 0.750 bits per heavy atom. The highest BCUT2D eigenvalue weighted by Crippen LogP contribution is 2.55. The molecule has 6 nitrogen and oxygen atoms in total. The van der Waals surface area contributed by atoms with Crippen LogP contribution in [0.3, 0.4) is 0 Å². The fourth-order valence-electron chi connectivity index (χ4n) is 5.97. The highest BCUT2D eigenvalue weighted by Gasteiger charge is 2.49. The number of carboxylic acids is 1. The van der Waals surface area contributed by atoms with Crippen molar-refractivity contribution in [1.29, 1.82) is 0 Å². The lowest BCUT2D eigenvalue weighted by molar-refractivity contribution is -0.155. The minimum atomic E-state index is -0.744. The van der Waals surface area contributed by atoms with Crippen molar-refractivity contribution in [2.45, 2.75) is 50.3 Å². The number of benzene rings is 3. The predicted octanol–water partition coefficient (Wildman–Crippen LogP) is 6.03. The molecule has 3 aromatic carbocycles. The summed E-state index contributed by atoms with van der Waals surface area (Å²) in [5, 5.41) is 8.98. The van der Waals surface area contributed by atoms with E-state index in [0.717, 1.165) is 23.1 Å². The zero-order chi connectivity index (χ0) is 24.8. The maximum Gasteiger partial charge on any atom is 0.312 e. The zero-order valence-electron chi connectivity index (χ0n) is 19.9. The molecule has 7 rings (SSSR count). The number of carboxylic acid groups (broad SMARTS) is 1. The van der Waals surface area contributed by atoms with Crippen LogP contribution in [0.2, 0.25) is 0 Å². The van der Waals surface area contributed by atoms with E-state index in [4.69, 9.17) is 19.3 Å². The Hall–Kier alpha value is -3.48. The first kappa shape index (κ1) is 23.0. The number of hydrogen-bond acceptors (Lipinski definition) is 5. The van der Waals surface area contributed by atoms with Crippen molar-refractivity contribution >= 4 is 11.9 Å². The standard InChI is InChI=1S/C19H18O3.C11H10O3/c1-12(13-7-3-2-4-8-13)21-19(20)16-11-17-14-9-5-6-10-15(14)18(16)22-17;12-11(13)8-5-9-6-3-1-2-4-7(6)10(8)14-9/h2-10,12,16-18H,11H2,1H3;1-4,8-10H,5H2,(H,12,13)/t12-,16?,17+,18+;8?,9-,10-/m10/s1. The SMILES string of the molecule is C[C@@H](OC(=O)C1C[C@@H]2O[C@H]1c1ccccc12)c1ccccc1.O=C(O)C1C[C@@H]2O[C@H]1c1ccccc12. The van der Waals surface area contributed by atoms with Crippen LogP contribution in [0.4, 0.5) is 0 Å². The first-order valence-electron chi connectivity index (χ1n) is 12.5. The van der Waals surface area contributed by atoms with Crippen LogP contribution in [-0.2, 0) is 23.8 Å². The van der Waals surface area contributed by atoms with Crippen molar-refractivity contribution < 1.29 is 28.9 Å². The summed E-state index contributed by atoms with van der Waals surface area (Å²) in [7, 11) is 0. The summed E-state index contributed by atoms with van der Waals surface area (Å²) in [6.07, 6.45) is 0.815. The van der Waals surface area contributed by atoms with Crippen LogP contribution < -0.4 is 0 Å². The minimum absolute atomic E-state index is 0.0114. The van der Waals surface area contributed by atoms with Gasteiger partial charge in [-0.1, -0.05) is 78.9 Å². The van der Waals surface area contributed by atoms with E-state index in [2.05, 4.69) is 12.1 Å². The first-order chi connectivity index (χ1) is 17.5. The van der Waals surface area contributed by atoms with Crippen molar-refractivity contribution in [1.82, 2.24) is 0 Å². The molecule has 0 aromatic heterocycles. The van der Waals surface area contributed by atoms with E-state index in [1.165, 1.54) is 11.1 Å². The van der Waals surface area contributed by atoms with Crippen LogP contribution in [0.1, 0.15) is 78.1 Å². The van der Waals surface area contributed by atoms with Gasteiger partial charge in [0.15, 0.2) is 0 Å². The first-order valence-corrected chi connectivity index (χ1v) is 12.5. The molecule has 3 aromatic rings. The molecule has 4 aliphatic heterocycles. The van der Waals surface area contributed by atoms with E-state index in [1.54, 1.807) is 0 Å². The van der Waals surface area contributed by atoms with Crippen LogP contribution in [0, 0.1) is 11.8 Å². The van der Waals surface area contributed by atoms with Crippen LogP contribution in [-0.4, -0.2) is 17.0 Å². The largest absolute Gasteiger partial charge is 0.481 e. The fraction of sp³-hybridized carbons (Fsp3) is 0.333. The third-order valence-electron chi connectivity index (χ3n) is 7.77. The van der Waals surface area contributed by atoms with Crippen molar-refractivity contribution in [3.05, 3.63) is 107 Å². The molecule has 36 heavy (non-hydrogen) atoms. The van der Waals surface area contributed by atoms with Gasteiger partial charge < -0.3 is 19.3 Å². The molecule has 0 amide bonds. The monoisotopic (exact) mass is 484 g/mol. The molecule has 4 bridgehead atoms. The summed E-state index contributed by atoms with van der Waals surface area (Å²) in [5.74, 6) is -1.44. The van der Waals surface area contributed by atoms with E-state index in [1.807, 2.05) is 73.7 Å². The maximum absolute atomic E-state index is 12.5. The van der Waals surface area contributed by atoms with Gasteiger partial charge in [-0.25, -0.2) is 0 Å². The fourth-order valence-corrected chi connectivity index (χ4v) is 5.97. The lowest BCUT2D eigenvalue weighted by Crippen LogP contribution is -2.24. The molecule has 2 saturated heterocycles. The van der Waals surface area contributed by atoms with Crippen molar-refractivity contribution in [3.8, 4) is 0 Å². The van der Waals surface area contributed by atoms with Crippen LogP contribution in [0.25, 0.3) is 0 Å². The Balaban J connectivity index is 0.000000147. The third kappa shape index (κ3) is 3.91. The van der Waals surface area contributed by atoms with Crippen molar-refractivity contribution in [3.63, 3.8) is 0 Å². The molecule has 4 heterocycles. The normalized spacial score (nSPS) is 29.0. The Kier molecular flexibility index (Phi) is 5.86. The summed E-state index contributed by atoms with van der Waals surface area (Å²) in [6, 6.07) is 25.9. The predicted molar refractivity (Wildman–Crippen MR) is 131 cm³/mol. The summed E-state index contributed by atoms with van der Waals surface area (Å²) in [4.78, 5) is 23.4. The average molecular weight is 485 g/mol. The molecule has 0 saturated carbocycles. The molecule has 184 valence electrons. The number of rotatable bonds is 4. The van der Waals surface area contributed by atoms with Gasteiger partial charge in [0.1, 0.15) is 6.10 Å². The number of hydrogen-bond donors (Lipinski definition) is 1. The van der Waals surface area contributed by atoms with Crippen molar-refractivity contribution in [2.24, 2.45) is 11.8 Å². The number of carbonyl (C=O) groups is 2. The molecule has 0 spiro atoms. The molecule has 2 unspecified atom stereocenters. The van der Waals surface area contributed by atoms with Gasteiger partial charge in [0, 0.05) is 0 Å². The Morgan fingerprint density at radius 2 is 1.22 bits per heavy atom. The molecular formula is C30H28O6. The molecule has 2 fully saturated rings. The van der Waals surface area contributed by atoms with Gasteiger partial charge in [0.05, 0.1) is 36.3 Å². The van der Waals surface area contributed by atoms with Gasteiger partial charge in [-0.15, -0.1) is 0 Å². The summed E-state index contributed by atoms with van der Waals surface area (Å²) >= 11 is 0. The van der Waals surface area contributed by atoms with E-state index in [0.29, 0.717) is 6.42 Å². The molecular weight excluding hydrogens is 456 g/mol. The van der Waals surface area contributed by atoms with E-state index in [-0.39, 0.29) is 48.3 Å². The lowest BCUT2D eigenvalue weighted by Gasteiger charge is -2.22. The van der Waals surface area contributed by atoms with Gasteiger partial charge in [0.2, 0.25) is 0 Å². The molecule has 1 N–H and O–H groups in total. The average Bonchev–Trinajstić information content (AvgIpc) is 3.70. The summed E-state index contributed by atoms with van der Waals surface area (Å²) in [5.41, 5.74) is 5.63. The molecule has 4 aliphatic rings. The van der Waals surface area contributed by atoms with Gasteiger partial charge >= 0.3 is 11.9 Å². The second kappa shape index (κ2) is 9.19. The van der Waals surface area contributed by atoms with E-state index >= 15 is 0 Å². The minimum Gasteiger partial charge on any atom is -0.481 e. The Bertz CT molecular complexity index is 1290. The number of fused-ring (bicyclic) bond motifs is 10. The molecule has 0 aliphatic carbocycles. The summed E-state index contributed by atoms with van der Waals surface area (Å²) in [6.45, 7) is 1.91. The smallest absolute Gasteiger partial charge is 0.312 e. The van der Waals surface area contributed by atoms with Gasteiger partial charge in [0.25, 0.3) is 0 Å². The maximum atomic E-state index is 12.5. The van der Waals surface area contributed by atoms with Crippen molar-refractivity contribution in [2.75, 3.05) is 0 Å². The summed E-state index contributed by atoms with van der Waals surface area (Å²) < 4.78 is 17.3. The van der Waals surface area contributed by atoms with E-state index in [9.17, 15) is 9.59 Å². The molecule has 0 radical (unpaired) electrons. The third-order valence-corrected chi connectivity index (χ3v) is 7.77. The van der Waals surface area contributed by atoms with Gasteiger partial charge in [-0.05, 0) is 47.6 Å². The lowest BCUT2D eigenvalue weighted by atomic mass is 9.84. The number of ether oxygens (including phenoxy) is 3. The van der Waals surface area contributed by atoms with Gasteiger partial charge in [-0.2, -0.15) is 0 Å². The second-order valence-electron chi connectivity index (χ2n) is 9.86. The number of esters is 1. The van der Waals surface area contributed by atoms with Crippen LogP contribution >= 0.6 is 0 Å². The molecule has 6 heteroatoms. The van der Waals surface area contributed by atoms with Crippen LogP contribution in [0.5, 0.6) is 0 Å². The Labute approximate surface area is 209 Å². The zero-order valence-corrected chi connectivity index (χ0v) is 19.9. The molecule has 7 atom stereocenters. The quantitative estimate of drug-likeness (QED) is 0.456. The van der Waals surface area contributed by atoms with Crippen LogP contribution in [0.15, 0.2) is 78.9 Å². The Morgan fingerprint density at radius 3 is 1.78 bits per heavy atom. The topological polar surface area (TPSA) is 82.1 Å². The second-order valence-corrected chi connectivity index (χ2v) is 9.86. The highest BCUT2D eigenvalue weighted by atomic mass is 16.6. The number of carbonyl (C=O) groups excluding carboxylic acids is 1. The van der Waals surface area contributed by atoms with E-state index < -0.39 is 5.97 Å². The number of aliphatic carboxylic acids is 1.